The number of ether oxygens (including phenoxy) is 1. The second-order valence-electron chi connectivity index (χ2n) is 4.17. The van der Waals surface area contributed by atoms with Gasteiger partial charge in [0.05, 0.1) is 18.2 Å². The largest absolute Gasteiger partial charge is 0.378 e. The van der Waals surface area contributed by atoms with Gasteiger partial charge in [0.25, 0.3) is 0 Å². The molecule has 1 aliphatic rings. The van der Waals surface area contributed by atoms with E-state index in [4.69, 9.17) is 20.9 Å². The molecule has 2 heterocycles. The van der Waals surface area contributed by atoms with Crippen LogP contribution < -0.4 is 5.32 Å². The standard InChI is InChI=1S/C12H11BrClN3O2/c13-8-5-7(1-2-9(8)14)11-16-12(19-17-11)10-6-18-4-3-15-10/h1-2,5,10,15H,3-4,6H2. The summed E-state index contributed by atoms with van der Waals surface area (Å²) < 4.78 is 11.5. The van der Waals surface area contributed by atoms with Gasteiger partial charge < -0.3 is 14.6 Å². The number of aromatic nitrogens is 2. The van der Waals surface area contributed by atoms with Crippen LogP contribution in [0, 0.1) is 0 Å². The molecule has 1 atom stereocenters. The molecule has 1 fully saturated rings. The highest BCUT2D eigenvalue weighted by Crippen LogP contribution is 2.28. The van der Waals surface area contributed by atoms with Crippen LogP contribution in [0.1, 0.15) is 11.9 Å². The molecule has 100 valence electrons. The molecule has 1 unspecified atom stereocenters. The summed E-state index contributed by atoms with van der Waals surface area (Å²) in [7, 11) is 0. The van der Waals surface area contributed by atoms with Gasteiger partial charge in [-0.2, -0.15) is 4.98 Å². The molecular weight excluding hydrogens is 334 g/mol. The molecule has 1 aromatic heterocycles. The molecule has 0 spiro atoms. The molecule has 5 nitrogen and oxygen atoms in total. The first-order valence-corrected chi connectivity index (χ1v) is 7.01. The van der Waals surface area contributed by atoms with Gasteiger partial charge in [0.1, 0.15) is 6.04 Å². The lowest BCUT2D eigenvalue weighted by Gasteiger charge is -2.20. The van der Waals surface area contributed by atoms with Gasteiger partial charge >= 0.3 is 0 Å². The summed E-state index contributed by atoms with van der Waals surface area (Å²) in [5, 5.41) is 7.90. The fourth-order valence-electron chi connectivity index (χ4n) is 1.85. The average molecular weight is 345 g/mol. The minimum absolute atomic E-state index is 0.0364. The maximum Gasteiger partial charge on any atom is 0.246 e. The van der Waals surface area contributed by atoms with E-state index in [1.165, 1.54) is 0 Å². The highest BCUT2D eigenvalue weighted by Gasteiger charge is 2.22. The predicted octanol–water partition coefficient (Wildman–Crippen LogP) is 2.81. The number of hydrogen-bond donors (Lipinski definition) is 1. The van der Waals surface area contributed by atoms with Gasteiger partial charge in [-0.25, -0.2) is 0 Å². The van der Waals surface area contributed by atoms with Crippen molar-refractivity contribution in [3.05, 3.63) is 33.6 Å². The normalized spacial score (nSPS) is 19.6. The topological polar surface area (TPSA) is 60.2 Å². The second-order valence-corrected chi connectivity index (χ2v) is 5.43. The van der Waals surface area contributed by atoms with Gasteiger partial charge in [0.2, 0.25) is 11.7 Å². The Balaban J connectivity index is 1.85. The van der Waals surface area contributed by atoms with Crippen molar-refractivity contribution < 1.29 is 9.26 Å². The van der Waals surface area contributed by atoms with Crippen LogP contribution >= 0.6 is 27.5 Å². The molecule has 2 aromatic rings. The number of halogens is 2. The first-order chi connectivity index (χ1) is 9.24. The zero-order chi connectivity index (χ0) is 13.2. The van der Waals surface area contributed by atoms with E-state index in [-0.39, 0.29) is 6.04 Å². The molecule has 0 saturated carbocycles. The summed E-state index contributed by atoms with van der Waals surface area (Å²) in [6.45, 7) is 2.04. The fraction of sp³-hybridized carbons (Fsp3) is 0.333. The van der Waals surface area contributed by atoms with Gasteiger partial charge in [-0.05, 0) is 34.1 Å². The number of morpholine rings is 1. The molecular formula is C12H11BrClN3O2. The van der Waals surface area contributed by atoms with E-state index in [1.807, 2.05) is 12.1 Å². The van der Waals surface area contributed by atoms with Crippen molar-refractivity contribution in [2.75, 3.05) is 19.8 Å². The SMILES string of the molecule is Clc1ccc(-c2noc(C3COCCN3)n2)cc1Br. The molecule has 1 N–H and O–H groups in total. The predicted molar refractivity (Wildman–Crippen MR) is 74.0 cm³/mol. The number of benzene rings is 1. The van der Waals surface area contributed by atoms with E-state index < -0.39 is 0 Å². The summed E-state index contributed by atoms with van der Waals surface area (Å²) in [6, 6.07) is 5.47. The summed E-state index contributed by atoms with van der Waals surface area (Å²) >= 11 is 9.33. The summed E-state index contributed by atoms with van der Waals surface area (Å²) in [5.41, 5.74) is 0.850. The third-order valence-electron chi connectivity index (χ3n) is 2.84. The van der Waals surface area contributed by atoms with E-state index in [0.29, 0.717) is 30.0 Å². The maximum atomic E-state index is 5.96. The lowest BCUT2D eigenvalue weighted by atomic mass is 10.2. The number of hydrogen-bond acceptors (Lipinski definition) is 5. The zero-order valence-electron chi connectivity index (χ0n) is 9.90. The Bertz CT molecular complexity index is 584. The van der Waals surface area contributed by atoms with Gasteiger partial charge in [-0.1, -0.05) is 16.8 Å². The van der Waals surface area contributed by atoms with Crippen LogP contribution in [0.2, 0.25) is 5.02 Å². The third kappa shape index (κ3) is 2.81. The molecule has 0 amide bonds. The Morgan fingerprint density at radius 2 is 2.32 bits per heavy atom. The molecule has 0 bridgehead atoms. The third-order valence-corrected chi connectivity index (χ3v) is 4.05. The Morgan fingerprint density at radius 3 is 3.05 bits per heavy atom. The summed E-state index contributed by atoms with van der Waals surface area (Å²) in [4.78, 5) is 4.39. The molecule has 1 saturated heterocycles. The average Bonchev–Trinajstić information content (AvgIpc) is 2.93. The number of nitrogens with zero attached hydrogens (tertiary/aromatic N) is 2. The highest BCUT2D eigenvalue weighted by atomic mass is 79.9. The summed E-state index contributed by atoms with van der Waals surface area (Å²) in [5.74, 6) is 1.08. The van der Waals surface area contributed by atoms with Gasteiger partial charge in [0.15, 0.2) is 0 Å². The van der Waals surface area contributed by atoms with Crippen molar-refractivity contribution in [2.45, 2.75) is 6.04 Å². The molecule has 1 aromatic carbocycles. The maximum absolute atomic E-state index is 5.96. The molecule has 0 radical (unpaired) electrons. The van der Waals surface area contributed by atoms with Crippen LogP contribution in [-0.4, -0.2) is 29.9 Å². The fourth-order valence-corrected chi connectivity index (χ4v) is 2.35. The van der Waals surface area contributed by atoms with Gasteiger partial charge in [-0.3, -0.25) is 0 Å². The minimum Gasteiger partial charge on any atom is -0.378 e. The first-order valence-electron chi connectivity index (χ1n) is 5.84. The Hall–Kier alpha value is -0.950. The minimum atomic E-state index is -0.0364. The lowest BCUT2D eigenvalue weighted by molar-refractivity contribution is 0.0659. The van der Waals surface area contributed by atoms with Crippen LogP contribution in [0.15, 0.2) is 27.2 Å². The van der Waals surface area contributed by atoms with Gasteiger partial charge in [-0.15, -0.1) is 0 Å². The molecule has 3 rings (SSSR count). The quantitative estimate of drug-likeness (QED) is 0.908. The van der Waals surface area contributed by atoms with Crippen LogP contribution in [0.5, 0.6) is 0 Å². The van der Waals surface area contributed by atoms with Crippen molar-refractivity contribution in [3.8, 4) is 11.4 Å². The van der Waals surface area contributed by atoms with Crippen LogP contribution in [0.3, 0.4) is 0 Å². The second kappa shape index (κ2) is 5.58. The number of nitrogens with one attached hydrogen (secondary N) is 1. The van der Waals surface area contributed by atoms with Crippen molar-refractivity contribution in [2.24, 2.45) is 0 Å². The van der Waals surface area contributed by atoms with E-state index >= 15 is 0 Å². The van der Waals surface area contributed by atoms with Crippen LogP contribution in [0.4, 0.5) is 0 Å². The number of rotatable bonds is 2. The smallest absolute Gasteiger partial charge is 0.246 e. The zero-order valence-corrected chi connectivity index (χ0v) is 12.2. The Morgan fingerprint density at radius 1 is 1.42 bits per heavy atom. The molecule has 19 heavy (non-hydrogen) atoms. The lowest BCUT2D eigenvalue weighted by Crippen LogP contribution is -2.34. The van der Waals surface area contributed by atoms with Crippen LogP contribution in [0.25, 0.3) is 11.4 Å². The van der Waals surface area contributed by atoms with Crippen molar-refractivity contribution >= 4 is 27.5 Å². The summed E-state index contributed by atoms with van der Waals surface area (Å²) in [6.07, 6.45) is 0. The highest BCUT2D eigenvalue weighted by molar-refractivity contribution is 9.10. The van der Waals surface area contributed by atoms with Crippen molar-refractivity contribution in [3.63, 3.8) is 0 Å². The molecule has 1 aliphatic heterocycles. The monoisotopic (exact) mass is 343 g/mol. The Kier molecular flexibility index (Phi) is 3.83. The van der Waals surface area contributed by atoms with E-state index in [0.717, 1.165) is 16.6 Å². The van der Waals surface area contributed by atoms with Gasteiger partial charge in [0, 0.05) is 16.6 Å². The molecule has 0 aliphatic carbocycles. The van der Waals surface area contributed by atoms with E-state index in [9.17, 15) is 0 Å². The van der Waals surface area contributed by atoms with E-state index in [1.54, 1.807) is 6.07 Å². The van der Waals surface area contributed by atoms with E-state index in [2.05, 4.69) is 31.4 Å². The first kappa shape index (κ1) is 13.1. The van der Waals surface area contributed by atoms with Crippen LogP contribution in [-0.2, 0) is 4.74 Å². The van der Waals surface area contributed by atoms with Crippen molar-refractivity contribution in [1.82, 2.24) is 15.5 Å². The molecule has 7 heteroatoms. The van der Waals surface area contributed by atoms with Crippen molar-refractivity contribution in [1.29, 1.82) is 0 Å². The Labute approximate surface area is 123 Å².